The second-order valence-corrected chi connectivity index (χ2v) is 5.51. The lowest BCUT2D eigenvalue weighted by Crippen LogP contribution is -2.26. The predicted octanol–water partition coefficient (Wildman–Crippen LogP) is 2.24. The monoisotopic (exact) mass is 272 g/mol. The molecule has 0 atom stereocenters. The van der Waals surface area contributed by atoms with Gasteiger partial charge in [0.05, 0.1) is 0 Å². The second kappa shape index (κ2) is 5.48. The lowest BCUT2D eigenvalue weighted by Gasteiger charge is -2.27. The summed E-state index contributed by atoms with van der Waals surface area (Å²) in [6.45, 7) is 2.31. The Morgan fingerprint density at radius 3 is 2.75 bits per heavy atom. The van der Waals surface area contributed by atoms with Gasteiger partial charge in [-0.3, -0.25) is 0 Å². The standard InChI is InChI=1S/C14H20N6/c1-10-3-5-11(6-4-10)19-13-12(15)14(17-9-16-13)20-8-2-7-18-20/h2,7-11H,3-6,15H2,1H3,(H,16,17,19). The van der Waals surface area contributed by atoms with Crippen molar-refractivity contribution in [2.75, 3.05) is 11.1 Å². The Hall–Kier alpha value is -2.11. The summed E-state index contributed by atoms with van der Waals surface area (Å²) in [6, 6.07) is 2.30. The minimum atomic E-state index is 0.453. The van der Waals surface area contributed by atoms with Crippen LogP contribution in [0.3, 0.4) is 0 Å². The zero-order valence-corrected chi connectivity index (χ0v) is 11.7. The van der Waals surface area contributed by atoms with Crippen LogP contribution < -0.4 is 11.1 Å². The number of hydrogen-bond donors (Lipinski definition) is 2. The van der Waals surface area contributed by atoms with Gasteiger partial charge in [0.15, 0.2) is 11.6 Å². The molecule has 1 aliphatic carbocycles. The molecule has 0 radical (unpaired) electrons. The Bertz CT molecular complexity index is 557. The van der Waals surface area contributed by atoms with E-state index in [9.17, 15) is 0 Å². The summed E-state index contributed by atoms with van der Waals surface area (Å²) in [6.07, 6.45) is 9.91. The number of nitrogens with one attached hydrogen (secondary N) is 1. The molecule has 2 aromatic heterocycles. The molecular formula is C14H20N6. The number of anilines is 2. The van der Waals surface area contributed by atoms with Crippen LogP contribution in [0.15, 0.2) is 24.8 Å². The van der Waals surface area contributed by atoms with Crippen molar-refractivity contribution in [3.63, 3.8) is 0 Å². The summed E-state index contributed by atoms with van der Waals surface area (Å²) in [5.41, 5.74) is 6.72. The summed E-state index contributed by atoms with van der Waals surface area (Å²) < 4.78 is 1.66. The lowest BCUT2D eigenvalue weighted by atomic mass is 9.87. The molecule has 0 aromatic carbocycles. The van der Waals surface area contributed by atoms with Crippen LogP contribution >= 0.6 is 0 Å². The molecule has 0 bridgehead atoms. The van der Waals surface area contributed by atoms with Gasteiger partial charge in [0.2, 0.25) is 0 Å². The average molecular weight is 272 g/mol. The van der Waals surface area contributed by atoms with Crippen LogP contribution in [-0.4, -0.2) is 25.8 Å². The third-order valence-electron chi connectivity index (χ3n) is 3.94. The van der Waals surface area contributed by atoms with Crippen molar-refractivity contribution in [3.8, 4) is 5.82 Å². The summed E-state index contributed by atoms with van der Waals surface area (Å²) in [5, 5.41) is 7.62. The largest absolute Gasteiger partial charge is 0.393 e. The molecule has 1 saturated carbocycles. The maximum absolute atomic E-state index is 6.17. The van der Waals surface area contributed by atoms with Gasteiger partial charge in [-0.1, -0.05) is 6.92 Å². The van der Waals surface area contributed by atoms with Crippen LogP contribution in [0.4, 0.5) is 11.5 Å². The highest BCUT2D eigenvalue weighted by Gasteiger charge is 2.20. The molecule has 2 aromatic rings. The molecule has 20 heavy (non-hydrogen) atoms. The zero-order valence-electron chi connectivity index (χ0n) is 11.7. The van der Waals surface area contributed by atoms with E-state index in [1.54, 1.807) is 10.9 Å². The zero-order chi connectivity index (χ0) is 13.9. The van der Waals surface area contributed by atoms with E-state index in [0.29, 0.717) is 23.4 Å². The Kier molecular flexibility index (Phi) is 3.54. The number of aromatic nitrogens is 4. The molecule has 0 aliphatic heterocycles. The van der Waals surface area contributed by atoms with Crippen LogP contribution in [-0.2, 0) is 0 Å². The van der Waals surface area contributed by atoms with E-state index >= 15 is 0 Å². The number of hydrogen-bond acceptors (Lipinski definition) is 5. The van der Waals surface area contributed by atoms with E-state index in [0.717, 1.165) is 5.92 Å². The molecule has 0 spiro atoms. The van der Waals surface area contributed by atoms with Crippen molar-refractivity contribution < 1.29 is 0 Å². The Morgan fingerprint density at radius 1 is 1.25 bits per heavy atom. The predicted molar refractivity (Wildman–Crippen MR) is 78.6 cm³/mol. The quantitative estimate of drug-likeness (QED) is 0.895. The molecule has 0 unspecified atom stereocenters. The molecule has 1 aliphatic rings. The van der Waals surface area contributed by atoms with Crippen LogP contribution in [0.2, 0.25) is 0 Å². The van der Waals surface area contributed by atoms with Crippen LogP contribution in [0, 0.1) is 5.92 Å². The summed E-state index contributed by atoms with van der Waals surface area (Å²) in [4.78, 5) is 8.48. The van der Waals surface area contributed by atoms with Gasteiger partial charge < -0.3 is 11.1 Å². The van der Waals surface area contributed by atoms with E-state index < -0.39 is 0 Å². The molecule has 6 heteroatoms. The molecular weight excluding hydrogens is 252 g/mol. The maximum atomic E-state index is 6.17. The van der Waals surface area contributed by atoms with Crippen molar-refractivity contribution in [2.24, 2.45) is 5.92 Å². The molecule has 1 fully saturated rings. The Morgan fingerprint density at radius 2 is 2.05 bits per heavy atom. The van der Waals surface area contributed by atoms with Crippen LogP contribution in [0.25, 0.3) is 5.82 Å². The number of nitrogens with two attached hydrogens (primary N) is 1. The van der Waals surface area contributed by atoms with Gasteiger partial charge in [0.25, 0.3) is 0 Å². The van der Waals surface area contributed by atoms with Gasteiger partial charge in [-0.25, -0.2) is 14.6 Å². The molecule has 3 rings (SSSR count). The fourth-order valence-electron chi connectivity index (χ4n) is 2.68. The lowest BCUT2D eigenvalue weighted by molar-refractivity contribution is 0.361. The van der Waals surface area contributed by atoms with Crippen LogP contribution in [0.1, 0.15) is 32.6 Å². The first-order chi connectivity index (χ1) is 9.74. The summed E-state index contributed by atoms with van der Waals surface area (Å²) in [7, 11) is 0. The summed E-state index contributed by atoms with van der Waals surface area (Å²) in [5.74, 6) is 2.16. The first kappa shape index (κ1) is 12.9. The third kappa shape index (κ3) is 2.59. The number of nitrogens with zero attached hydrogens (tertiary/aromatic N) is 4. The van der Waals surface area contributed by atoms with Gasteiger partial charge in [0, 0.05) is 18.4 Å². The second-order valence-electron chi connectivity index (χ2n) is 5.51. The van der Waals surface area contributed by atoms with E-state index in [2.05, 4.69) is 27.3 Å². The molecule has 2 heterocycles. The minimum absolute atomic E-state index is 0.453. The molecule has 6 nitrogen and oxygen atoms in total. The summed E-state index contributed by atoms with van der Waals surface area (Å²) >= 11 is 0. The SMILES string of the molecule is CC1CCC(Nc2ncnc(-n3cccn3)c2N)CC1. The van der Waals surface area contributed by atoms with E-state index in [1.165, 1.54) is 32.0 Å². The minimum Gasteiger partial charge on any atom is -0.393 e. The van der Waals surface area contributed by atoms with Gasteiger partial charge in [-0.05, 0) is 37.7 Å². The first-order valence-corrected chi connectivity index (χ1v) is 7.11. The van der Waals surface area contributed by atoms with Gasteiger partial charge in [-0.15, -0.1) is 0 Å². The highest BCUT2D eigenvalue weighted by Crippen LogP contribution is 2.28. The highest BCUT2D eigenvalue weighted by molar-refractivity contribution is 5.69. The number of rotatable bonds is 3. The van der Waals surface area contributed by atoms with Crippen molar-refractivity contribution in [1.29, 1.82) is 0 Å². The van der Waals surface area contributed by atoms with E-state index in [-0.39, 0.29) is 0 Å². The topological polar surface area (TPSA) is 81.7 Å². The van der Waals surface area contributed by atoms with E-state index in [4.69, 9.17) is 5.73 Å². The normalized spacial score (nSPS) is 22.6. The Labute approximate surface area is 118 Å². The molecule has 0 saturated heterocycles. The van der Waals surface area contributed by atoms with Gasteiger partial charge in [-0.2, -0.15) is 5.10 Å². The van der Waals surface area contributed by atoms with Crippen molar-refractivity contribution in [3.05, 3.63) is 24.8 Å². The highest BCUT2D eigenvalue weighted by atomic mass is 15.3. The maximum Gasteiger partial charge on any atom is 0.181 e. The van der Waals surface area contributed by atoms with Crippen molar-refractivity contribution in [1.82, 2.24) is 19.7 Å². The van der Waals surface area contributed by atoms with Crippen LogP contribution in [0.5, 0.6) is 0 Å². The first-order valence-electron chi connectivity index (χ1n) is 7.11. The van der Waals surface area contributed by atoms with Gasteiger partial charge in [0.1, 0.15) is 12.0 Å². The Balaban J connectivity index is 1.79. The third-order valence-corrected chi connectivity index (χ3v) is 3.94. The molecule has 3 N–H and O–H groups in total. The molecule has 106 valence electrons. The van der Waals surface area contributed by atoms with Crippen molar-refractivity contribution in [2.45, 2.75) is 38.6 Å². The fourth-order valence-corrected chi connectivity index (χ4v) is 2.68. The van der Waals surface area contributed by atoms with E-state index in [1.807, 2.05) is 12.3 Å². The average Bonchev–Trinajstić information content (AvgIpc) is 2.97. The van der Waals surface area contributed by atoms with Crippen molar-refractivity contribution >= 4 is 11.5 Å². The smallest absolute Gasteiger partial charge is 0.181 e. The number of nitrogen functional groups attached to an aromatic ring is 1. The fraction of sp³-hybridized carbons (Fsp3) is 0.500. The molecule has 0 amide bonds. The van der Waals surface area contributed by atoms with Gasteiger partial charge >= 0.3 is 0 Å².